The Morgan fingerprint density at radius 1 is 1.11 bits per heavy atom. The Labute approximate surface area is 256 Å². The molecule has 0 amide bonds. The van der Waals surface area contributed by atoms with Crippen molar-refractivity contribution in [1.29, 1.82) is 10.5 Å². The topological polar surface area (TPSA) is 144 Å². The molecule has 3 aliphatic heterocycles. The van der Waals surface area contributed by atoms with E-state index >= 15 is 4.39 Å². The van der Waals surface area contributed by atoms with Crippen LogP contribution in [0, 0.1) is 35.5 Å². The molecule has 6 heterocycles. The molecule has 2 N–H and O–H groups in total. The molecule has 45 heavy (non-hydrogen) atoms. The summed E-state index contributed by atoms with van der Waals surface area (Å²) in [6, 6.07) is 3.04. The van der Waals surface area contributed by atoms with Gasteiger partial charge in [-0.25, -0.2) is 13.8 Å². The summed E-state index contributed by atoms with van der Waals surface area (Å²) in [6.07, 6.45) is 1.26. The first-order valence-electron chi connectivity index (χ1n) is 14.4. The number of piperazine rings is 1. The summed E-state index contributed by atoms with van der Waals surface area (Å²) in [7, 11) is 1.27. The van der Waals surface area contributed by atoms with Crippen LogP contribution in [0.5, 0.6) is 6.01 Å². The number of hydrogen-bond acceptors (Lipinski definition) is 11. The van der Waals surface area contributed by atoms with Gasteiger partial charge >= 0.3 is 12.2 Å². The van der Waals surface area contributed by atoms with Crippen molar-refractivity contribution in [3.63, 3.8) is 0 Å². The molecule has 3 aromatic rings. The molecule has 0 aromatic carbocycles. The molecule has 3 fully saturated rings. The summed E-state index contributed by atoms with van der Waals surface area (Å²) in [5.74, 6) is -1.17. The molecule has 3 aromatic heterocycles. The van der Waals surface area contributed by atoms with E-state index in [0.29, 0.717) is 19.1 Å². The Hall–Kier alpha value is -4.57. The number of nitriles is 2. The second-order valence-corrected chi connectivity index (χ2v) is 11.2. The molecule has 0 aliphatic carbocycles. The molecule has 3 saturated heterocycles. The van der Waals surface area contributed by atoms with Gasteiger partial charge in [-0.2, -0.15) is 33.7 Å². The van der Waals surface area contributed by atoms with E-state index in [1.54, 1.807) is 4.90 Å². The van der Waals surface area contributed by atoms with Gasteiger partial charge in [-0.1, -0.05) is 0 Å². The van der Waals surface area contributed by atoms with Crippen LogP contribution in [0.3, 0.4) is 0 Å². The number of aryl methyl sites for hydroxylation is 1. The van der Waals surface area contributed by atoms with Crippen LogP contribution in [0.1, 0.15) is 36.8 Å². The summed E-state index contributed by atoms with van der Waals surface area (Å²) in [4.78, 5) is 21.5. The van der Waals surface area contributed by atoms with Crippen LogP contribution in [-0.2, 0) is 6.18 Å². The predicted molar refractivity (Wildman–Crippen MR) is 154 cm³/mol. The molecule has 16 heteroatoms. The highest BCUT2D eigenvalue weighted by Gasteiger charge is 2.39. The van der Waals surface area contributed by atoms with Gasteiger partial charge in [0.2, 0.25) is 0 Å². The standard InChI is InChI=1S/C22H19F4N9O.C7H12FN/c1-11-7-14(29)31-18(15(11)22(24,25)26)19-16(23)17-13(8-30-19)20(33-21(32-17)36-2)34-5-6-35(10-28)12(9-34)3-4-27;8-6-4-7-2-1-3-9(7)5-6/h7-8,12H,3,5-6,9H2,1-2H3,(H2,29,31);6-7H,1-5H2. The SMILES string of the molecule is COc1nc(N2CCN(C#N)C(CC#N)C2)c2cnc(-c3nc(N)cc(C)c3C(F)(F)F)c(F)c2n1.FC1CC2CCCN2C1. The highest BCUT2D eigenvalue weighted by molar-refractivity contribution is 5.92. The number of hydrogen-bond donors (Lipinski definition) is 1. The first-order valence-corrected chi connectivity index (χ1v) is 14.4. The van der Waals surface area contributed by atoms with Crippen LogP contribution >= 0.6 is 0 Å². The van der Waals surface area contributed by atoms with Crippen molar-refractivity contribution in [3.05, 3.63) is 29.2 Å². The lowest BCUT2D eigenvalue weighted by Gasteiger charge is -2.38. The van der Waals surface area contributed by atoms with Gasteiger partial charge in [-0.15, -0.1) is 0 Å². The number of anilines is 2. The zero-order valence-corrected chi connectivity index (χ0v) is 24.7. The average Bonchev–Trinajstić information content (AvgIpc) is 3.57. The third kappa shape index (κ3) is 6.47. The van der Waals surface area contributed by atoms with Crippen molar-refractivity contribution in [3.8, 4) is 29.7 Å². The highest BCUT2D eigenvalue weighted by Crippen LogP contribution is 2.40. The van der Waals surface area contributed by atoms with Gasteiger partial charge in [0.25, 0.3) is 0 Å². The number of nitrogen functional groups attached to an aromatic ring is 1. The number of fused-ring (bicyclic) bond motifs is 2. The van der Waals surface area contributed by atoms with Gasteiger partial charge in [-0.3, -0.25) is 9.88 Å². The Bertz CT molecular complexity index is 1640. The lowest BCUT2D eigenvalue weighted by molar-refractivity contribution is -0.137. The zero-order chi connectivity index (χ0) is 32.5. The second-order valence-electron chi connectivity index (χ2n) is 11.2. The first kappa shape index (κ1) is 31.8. The van der Waals surface area contributed by atoms with Crippen molar-refractivity contribution in [1.82, 2.24) is 29.7 Å². The summed E-state index contributed by atoms with van der Waals surface area (Å²) in [6.45, 7) is 3.86. The summed E-state index contributed by atoms with van der Waals surface area (Å²) < 4.78 is 75.0. The van der Waals surface area contributed by atoms with Crippen LogP contribution in [-0.4, -0.2) is 87.8 Å². The fourth-order valence-electron chi connectivity index (χ4n) is 6.23. The van der Waals surface area contributed by atoms with E-state index in [4.69, 9.17) is 15.7 Å². The largest absolute Gasteiger partial charge is 0.467 e. The van der Waals surface area contributed by atoms with Crippen molar-refractivity contribution in [2.45, 2.75) is 57.0 Å². The molecule has 0 saturated carbocycles. The third-order valence-electron chi connectivity index (χ3n) is 8.27. The zero-order valence-electron chi connectivity index (χ0n) is 24.7. The van der Waals surface area contributed by atoms with Crippen molar-refractivity contribution in [2.75, 3.05) is 50.5 Å². The fourth-order valence-corrected chi connectivity index (χ4v) is 6.23. The smallest absolute Gasteiger partial charge is 0.418 e. The average molecular weight is 631 g/mol. The summed E-state index contributed by atoms with van der Waals surface area (Å²) >= 11 is 0. The minimum Gasteiger partial charge on any atom is -0.467 e. The van der Waals surface area contributed by atoms with Gasteiger partial charge in [-0.05, 0) is 44.4 Å². The number of nitrogens with zero attached hydrogens (tertiary/aromatic N) is 9. The van der Waals surface area contributed by atoms with Crippen LogP contribution in [0.2, 0.25) is 0 Å². The van der Waals surface area contributed by atoms with Gasteiger partial charge in [0, 0.05) is 38.4 Å². The minimum atomic E-state index is -4.84. The van der Waals surface area contributed by atoms with Gasteiger partial charge in [0.15, 0.2) is 12.0 Å². The summed E-state index contributed by atoms with van der Waals surface area (Å²) in [5.41, 5.74) is 2.53. The molecule has 3 aliphatic rings. The number of alkyl halides is 4. The highest BCUT2D eigenvalue weighted by atomic mass is 19.4. The lowest BCUT2D eigenvalue weighted by Crippen LogP contribution is -2.51. The van der Waals surface area contributed by atoms with E-state index in [9.17, 15) is 22.8 Å². The molecule has 3 atom stereocenters. The normalized spacial score (nSPS) is 21.6. The van der Waals surface area contributed by atoms with Crippen molar-refractivity contribution in [2.24, 2.45) is 0 Å². The second kappa shape index (κ2) is 12.8. The number of ether oxygens (including phenoxy) is 1. The Morgan fingerprint density at radius 2 is 1.89 bits per heavy atom. The van der Waals surface area contributed by atoms with Crippen LogP contribution < -0.4 is 15.4 Å². The van der Waals surface area contributed by atoms with Gasteiger partial charge < -0.3 is 20.3 Å². The van der Waals surface area contributed by atoms with Crippen LogP contribution in [0.25, 0.3) is 22.3 Å². The number of nitrogens with two attached hydrogens (primary N) is 1. The van der Waals surface area contributed by atoms with E-state index in [2.05, 4.69) is 24.8 Å². The number of pyridine rings is 2. The van der Waals surface area contributed by atoms with Crippen molar-refractivity contribution >= 4 is 22.5 Å². The summed E-state index contributed by atoms with van der Waals surface area (Å²) in [5, 5.41) is 18.6. The maximum atomic E-state index is 15.8. The molecular weight excluding hydrogens is 599 g/mol. The van der Waals surface area contributed by atoms with E-state index in [1.165, 1.54) is 38.0 Å². The number of methoxy groups -OCH3 is 1. The van der Waals surface area contributed by atoms with Crippen LogP contribution in [0.4, 0.5) is 33.6 Å². The number of rotatable bonds is 4. The maximum Gasteiger partial charge on any atom is 0.418 e. The van der Waals surface area contributed by atoms with E-state index in [-0.39, 0.29) is 53.6 Å². The molecule has 3 unspecified atom stereocenters. The Morgan fingerprint density at radius 3 is 2.56 bits per heavy atom. The third-order valence-corrected chi connectivity index (χ3v) is 8.27. The maximum absolute atomic E-state index is 15.8. The molecule has 0 bridgehead atoms. The van der Waals surface area contributed by atoms with E-state index in [0.717, 1.165) is 19.0 Å². The lowest BCUT2D eigenvalue weighted by atomic mass is 10.0. The van der Waals surface area contributed by atoms with Gasteiger partial charge in [0.05, 0.1) is 36.6 Å². The van der Waals surface area contributed by atoms with Crippen LogP contribution in [0.15, 0.2) is 12.3 Å². The Balaban J connectivity index is 0.000000377. The molecule has 238 valence electrons. The van der Waals surface area contributed by atoms with E-state index in [1.807, 2.05) is 12.3 Å². The molecule has 0 spiro atoms. The Kier molecular flexibility index (Phi) is 9.06. The van der Waals surface area contributed by atoms with Gasteiger partial charge in [0.1, 0.15) is 34.7 Å². The molecule has 0 radical (unpaired) electrons. The van der Waals surface area contributed by atoms with Crippen molar-refractivity contribution < 1.29 is 26.7 Å². The molecular formula is C29H31F5N10O. The quantitative estimate of drug-likeness (QED) is 0.327. The fraction of sp³-hybridized carbons (Fsp3) is 0.517. The number of halogens is 5. The number of aromatic nitrogens is 4. The predicted octanol–water partition coefficient (Wildman–Crippen LogP) is 4.22. The first-order chi connectivity index (χ1) is 21.4. The molecule has 6 rings (SSSR count). The monoisotopic (exact) mass is 630 g/mol. The molecule has 11 nitrogen and oxygen atoms in total. The van der Waals surface area contributed by atoms with E-state index < -0.39 is 41.2 Å². The minimum absolute atomic E-state index is 0.0711.